The van der Waals surface area contributed by atoms with Crippen molar-refractivity contribution in [1.82, 2.24) is 19.5 Å². The number of imidazole rings is 1. The molecule has 0 saturated carbocycles. The first kappa shape index (κ1) is 38.2. The molecule has 0 spiro atoms. The Kier molecular flexibility index (Phi) is 11.7. The number of esters is 1. The van der Waals surface area contributed by atoms with Crippen LogP contribution in [0.1, 0.15) is 49.2 Å². The molecular formula is C33H35ClN5O13P. The number of aromatic nitrogens is 4. The van der Waals surface area contributed by atoms with Gasteiger partial charge in [-0.05, 0) is 49.7 Å². The summed E-state index contributed by atoms with van der Waals surface area (Å²) in [6.45, 7) is 0.905. The molecule has 3 N–H and O–H groups in total. The minimum Gasteiger partial charge on any atom is -0.497 e. The Morgan fingerprint density at radius 2 is 1.89 bits per heavy atom. The fourth-order valence-electron chi connectivity index (χ4n) is 5.61. The summed E-state index contributed by atoms with van der Waals surface area (Å²) in [7, 11) is -3.78. The molecule has 6 atom stereocenters. The van der Waals surface area contributed by atoms with Crippen molar-refractivity contribution >= 4 is 54.1 Å². The minimum absolute atomic E-state index is 0.0273. The zero-order valence-corrected chi connectivity index (χ0v) is 30.0. The average Bonchev–Trinajstić information content (AvgIpc) is 3.86. The van der Waals surface area contributed by atoms with Crippen LogP contribution in [0.25, 0.3) is 11.2 Å². The predicted molar refractivity (Wildman–Crippen MR) is 183 cm³/mol. The molecular weight excluding hydrogens is 741 g/mol. The number of ether oxygens (including phenoxy) is 5. The van der Waals surface area contributed by atoms with Gasteiger partial charge in [0, 0.05) is 25.0 Å². The zero-order valence-electron chi connectivity index (χ0n) is 28.3. The second-order valence-corrected chi connectivity index (χ2v) is 13.7. The van der Waals surface area contributed by atoms with Crippen LogP contribution < -0.4 is 14.6 Å². The smallest absolute Gasteiger partial charge is 0.497 e. The second-order valence-electron chi connectivity index (χ2n) is 12.0. The number of carbonyl (C=O) groups is 3. The third-order valence-corrected chi connectivity index (χ3v) is 9.49. The van der Waals surface area contributed by atoms with Gasteiger partial charge in [-0.25, -0.2) is 24.0 Å². The maximum atomic E-state index is 13.6. The average molecular weight is 776 g/mol. The number of rotatable bonds is 15. The van der Waals surface area contributed by atoms with Crippen molar-refractivity contribution in [3.63, 3.8) is 0 Å². The summed E-state index contributed by atoms with van der Waals surface area (Å²) < 4.78 is 54.2. The predicted octanol–water partition coefficient (Wildman–Crippen LogP) is 3.96. The molecule has 2 aromatic carbocycles. The van der Waals surface area contributed by atoms with Gasteiger partial charge in [0.1, 0.15) is 30.2 Å². The Balaban J connectivity index is 1.35. The summed E-state index contributed by atoms with van der Waals surface area (Å²) in [6, 6.07) is 12.2. The van der Waals surface area contributed by atoms with Crippen LogP contribution in [0, 0.1) is 0 Å². The lowest BCUT2D eigenvalue weighted by Gasteiger charge is -2.34. The number of phosphoric acid groups is 1. The molecule has 2 fully saturated rings. The number of anilines is 1. The maximum absolute atomic E-state index is 13.6. The summed E-state index contributed by atoms with van der Waals surface area (Å²) in [5, 5.41) is 15.0. The van der Waals surface area contributed by atoms with Crippen LogP contribution in [-0.4, -0.2) is 91.8 Å². The first-order valence-electron chi connectivity index (χ1n) is 16.3. The molecule has 4 heterocycles. The minimum atomic E-state index is -5.28. The zero-order chi connectivity index (χ0) is 37.8. The molecule has 53 heavy (non-hydrogen) atoms. The van der Waals surface area contributed by atoms with Crippen LogP contribution in [0.4, 0.5) is 5.82 Å². The molecule has 0 bridgehead atoms. The molecule has 6 rings (SSSR count). The molecule has 2 saturated heterocycles. The van der Waals surface area contributed by atoms with Crippen LogP contribution in [0.2, 0.25) is 5.02 Å². The highest BCUT2D eigenvalue weighted by Crippen LogP contribution is 2.54. The van der Waals surface area contributed by atoms with Gasteiger partial charge in [0.05, 0.1) is 24.9 Å². The van der Waals surface area contributed by atoms with Crippen LogP contribution >= 0.6 is 19.4 Å². The first-order valence-corrected chi connectivity index (χ1v) is 18.1. The van der Waals surface area contributed by atoms with Gasteiger partial charge in [0.25, 0.3) is 5.91 Å². The highest BCUT2D eigenvalue weighted by atomic mass is 35.5. The Hall–Kier alpha value is -4.52. The van der Waals surface area contributed by atoms with E-state index in [9.17, 15) is 28.9 Å². The van der Waals surface area contributed by atoms with Crippen molar-refractivity contribution in [3.8, 4) is 11.5 Å². The molecule has 0 aliphatic carbocycles. The number of halogens is 1. The van der Waals surface area contributed by atoms with Gasteiger partial charge in [0.15, 0.2) is 41.7 Å². The summed E-state index contributed by atoms with van der Waals surface area (Å²) >= 11 is 6.15. The number of nitrogens with zero attached hydrogens (tertiary/aromatic N) is 4. The van der Waals surface area contributed by atoms with E-state index >= 15 is 0 Å². The van der Waals surface area contributed by atoms with Crippen molar-refractivity contribution in [2.75, 3.05) is 25.6 Å². The fraction of sp³-hybridized carbons (Fsp3) is 0.394. The number of ketones is 1. The van der Waals surface area contributed by atoms with Crippen LogP contribution in [0.5, 0.6) is 11.5 Å². The number of benzene rings is 2. The lowest BCUT2D eigenvalue weighted by Crippen LogP contribution is -2.53. The normalized spacial score (nSPS) is 23.7. The molecule has 20 heteroatoms. The molecule has 0 radical (unpaired) electrons. The van der Waals surface area contributed by atoms with Crippen LogP contribution in [-0.2, 0) is 37.6 Å². The van der Waals surface area contributed by atoms with E-state index in [2.05, 4.69) is 20.3 Å². The molecule has 18 nitrogen and oxygen atoms in total. The van der Waals surface area contributed by atoms with Gasteiger partial charge < -0.3 is 43.4 Å². The van der Waals surface area contributed by atoms with Gasteiger partial charge in [-0.2, -0.15) is 0 Å². The fourth-order valence-corrected chi connectivity index (χ4v) is 6.87. The van der Waals surface area contributed by atoms with E-state index in [0.29, 0.717) is 30.8 Å². The van der Waals surface area contributed by atoms with E-state index in [4.69, 9.17) is 44.3 Å². The summed E-state index contributed by atoms with van der Waals surface area (Å²) in [5.41, 5.74) is 0.487. The quantitative estimate of drug-likeness (QED) is 0.0882. The number of fused-ring (bicyclic) bond motifs is 1. The van der Waals surface area contributed by atoms with E-state index in [-0.39, 0.29) is 46.4 Å². The molecule has 2 aromatic heterocycles. The van der Waals surface area contributed by atoms with Crippen LogP contribution in [0.3, 0.4) is 0 Å². The van der Waals surface area contributed by atoms with Crippen molar-refractivity contribution in [3.05, 3.63) is 71.8 Å². The van der Waals surface area contributed by atoms with Gasteiger partial charge in [-0.3, -0.25) is 19.0 Å². The highest BCUT2D eigenvalue weighted by molar-refractivity contribution is 7.47. The Labute approximate surface area is 306 Å². The Morgan fingerprint density at radius 1 is 1.11 bits per heavy atom. The third-order valence-electron chi connectivity index (χ3n) is 8.22. The van der Waals surface area contributed by atoms with Gasteiger partial charge in [-0.15, -0.1) is 0 Å². The topological polar surface area (TPSA) is 229 Å². The van der Waals surface area contributed by atoms with E-state index in [0.717, 1.165) is 6.33 Å². The summed E-state index contributed by atoms with van der Waals surface area (Å²) in [6.07, 6.45) is -2.77. The second kappa shape index (κ2) is 16.2. The number of amides is 1. The van der Waals surface area contributed by atoms with E-state index < -0.39 is 56.8 Å². The highest BCUT2D eigenvalue weighted by Gasteiger charge is 2.63. The Morgan fingerprint density at radius 3 is 2.58 bits per heavy atom. The number of carbonyl (C=O) groups excluding carboxylic acids is 3. The van der Waals surface area contributed by atoms with Gasteiger partial charge in [-0.1, -0.05) is 23.7 Å². The first-order chi connectivity index (χ1) is 25.4. The number of para-hydroxylation sites is 1. The number of methoxy groups -OCH3 is 1. The molecule has 2 aliphatic rings. The number of phosphoric ester groups is 1. The Bertz CT molecular complexity index is 2010. The van der Waals surface area contributed by atoms with Crippen LogP contribution in [0.15, 0.2) is 61.2 Å². The number of aliphatic hydroxyl groups is 1. The lowest BCUT2D eigenvalue weighted by molar-refractivity contribution is -0.266. The maximum Gasteiger partial charge on any atom is 0.530 e. The van der Waals surface area contributed by atoms with E-state index in [1.165, 1.54) is 43.1 Å². The largest absolute Gasteiger partial charge is 0.530 e. The van der Waals surface area contributed by atoms with Crippen molar-refractivity contribution in [2.45, 2.75) is 63.1 Å². The molecule has 1 amide bonds. The molecule has 2 unspecified atom stereocenters. The number of nitrogens with one attached hydrogen (secondary N) is 1. The monoisotopic (exact) mass is 775 g/mol. The van der Waals surface area contributed by atoms with Crippen molar-refractivity contribution in [1.29, 1.82) is 0 Å². The summed E-state index contributed by atoms with van der Waals surface area (Å²) in [5.74, 6) is -4.12. The van der Waals surface area contributed by atoms with Gasteiger partial charge in [0.2, 0.25) is 5.79 Å². The van der Waals surface area contributed by atoms with E-state index in [1.54, 1.807) is 30.3 Å². The van der Waals surface area contributed by atoms with Crippen molar-refractivity contribution < 1.29 is 61.7 Å². The number of Topliss-reactive ketones (excluding diaryl/α,β-unsaturated/α-hetero) is 1. The number of hydrogen-bond acceptors (Lipinski definition) is 15. The lowest BCUT2D eigenvalue weighted by atomic mass is 10.1. The van der Waals surface area contributed by atoms with Gasteiger partial charge >= 0.3 is 13.8 Å². The molecule has 4 aromatic rings. The SMILES string of the molecule is COc1ccc(C(=O)Nc2ncnc3c2ncn3[C@@H]2O[C@H](COC(=O)CCC(C)=O)[C@@](O)(OP(=O)(O)Oc3ccccc3Cl)[C@H]2OC2CCCO2)cc1. The number of hydrogen-bond donors (Lipinski definition) is 3. The summed E-state index contributed by atoms with van der Waals surface area (Å²) in [4.78, 5) is 61.0. The van der Waals surface area contributed by atoms with Crippen molar-refractivity contribution in [2.24, 2.45) is 0 Å². The standard InChI is InChI=1S/C33H35ClN5O13P/c1-19(40)9-14-25(41)48-16-24-33(43,52-53(44,45)51-23-7-4-3-6-22(23)34)28(50-26-8-5-15-47-26)32(49-24)39-18-37-27-29(35-17-36-30(27)39)38-31(42)20-10-12-21(46-2)13-11-20/h3-4,6-7,10-13,17-18,24,26,28,32,43H,5,8-9,14-16H2,1-2H3,(H,44,45)(H,35,36,38,42)/t24-,26?,28+,32-,33-/m1/s1. The molecule has 282 valence electrons. The molecule has 2 aliphatic heterocycles. The van der Waals surface area contributed by atoms with E-state index in [1.807, 2.05) is 0 Å². The third kappa shape index (κ3) is 8.83.